The quantitative estimate of drug-likeness (QED) is 0.121. The number of carbonyl (C=O) groups is 2. The molecular formula is C32H29NO5. The van der Waals surface area contributed by atoms with Crippen LogP contribution in [0.4, 0.5) is 0 Å². The van der Waals surface area contributed by atoms with Gasteiger partial charge in [0.05, 0.1) is 24.1 Å². The van der Waals surface area contributed by atoms with E-state index in [1.807, 2.05) is 68.4 Å². The van der Waals surface area contributed by atoms with Gasteiger partial charge in [-0.3, -0.25) is 9.59 Å². The van der Waals surface area contributed by atoms with Gasteiger partial charge in [-0.1, -0.05) is 54.6 Å². The first kappa shape index (κ1) is 25.2. The minimum atomic E-state index is -0.567. The topological polar surface area (TPSA) is 78.6 Å². The van der Waals surface area contributed by atoms with Gasteiger partial charge in [0.15, 0.2) is 11.5 Å². The van der Waals surface area contributed by atoms with Gasteiger partial charge >= 0.3 is 5.97 Å². The number of fused-ring (bicyclic) bond motifs is 2. The number of para-hydroxylation sites is 1. The lowest BCUT2D eigenvalue weighted by Crippen LogP contribution is -2.13. The van der Waals surface area contributed by atoms with Crippen molar-refractivity contribution in [2.24, 2.45) is 0 Å². The maximum Gasteiger partial charge on any atom is 0.313 e. The molecule has 0 amide bonds. The molecule has 0 bridgehead atoms. The molecule has 2 aromatic heterocycles. The number of hydrogen-bond donors (Lipinski definition) is 0. The van der Waals surface area contributed by atoms with E-state index in [9.17, 15) is 9.59 Å². The van der Waals surface area contributed by atoms with Crippen LogP contribution in [0.3, 0.4) is 0 Å². The highest BCUT2D eigenvalue weighted by Crippen LogP contribution is 2.37. The molecule has 0 aliphatic heterocycles. The SMILES string of the molecule is CCOC(=O)CC(=O)c1cc(-c2oc3ccccc3c2C)nc2c(C)ccc(OCCc3ccccc3)c12. The van der Waals surface area contributed by atoms with Gasteiger partial charge in [-0.2, -0.15) is 0 Å². The Morgan fingerprint density at radius 2 is 1.71 bits per heavy atom. The van der Waals surface area contributed by atoms with Gasteiger partial charge in [0.2, 0.25) is 0 Å². The Morgan fingerprint density at radius 1 is 0.947 bits per heavy atom. The van der Waals surface area contributed by atoms with Crippen LogP contribution >= 0.6 is 0 Å². The van der Waals surface area contributed by atoms with Gasteiger partial charge in [0.1, 0.15) is 23.4 Å². The third-order valence-corrected chi connectivity index (χ3v) is 6.60. The van der Waals surface area contributed by atoms with Gasteiger partial charge in [-0.25, -0.2) is 4.98 Å². The number of benzene rings is 3. The monoisotopic (exact) mass is 507 g/mol. The number of ether oxygens (including phenoxy) is 2. The van der Waals surface area contributed by atoms with Gasteiger partial charge < -0.3 is 13.9 Å². The summed E-state index contributed by atoms with van der Waals surface area (Å²) in [5.74, 6) is 0.217. The fourth-order valence-electron chi connectivity index (χ4n) is 4.68. The van der Waals surface area contributed by atoms with Crippen LogP contribution in [0.1, 0.15) is 40.4 Å². The zero-order valence-corrected chi connectivity index (χ0v) is 21.7. The molecule has 0 fully saturated rings. The molecule has 2 heterocycles. The second-order valence-electron chi connectivity index (χ2n) is 9.20. The molecule has 6 nitrogen and oxygen atoms in total. The van der Waals surface area contributed by atoms with Crippen LogP contribution in [0.2, 0.25) is 0 Å². The molecule has 0 saturated heterocycles. The van der Waals surface area contributed by atoms with Crippen LogP contribution in [-0.4, -0.2) is 30.0 Å². The smallest absolute Gasteiger partial charge is 0.313 e. The lowest BCUT2D eigenvalue weighted by Gasteiger charge is -2.15. The first-order valence-corrected chi connectivity index (χ1v) is 12.7. The number of carbonyl (C=O) groups excluding carboxylic acids is 2. The number of ketones is 1. The van der Waals surface area contributed by atoms with E-state index in [4.69, 9.17) is 18.9 Å². The van der Waals surface area contributed by atoms with Crippen LogP contribution in [0.15, 0.2) is 77.2 Å². The fraction of sp³-hybridized carbons (Fsp3) is 0.219. The molecule has 0 aliphatic rings. The Morgan fingerprint density at radius 3 is 2.47 bits per heavy atom. The number of pyridine rings is 1. The molecule has 0 atom stereocenters. The molecule has 0 spiro atoms. The highest BCUT2D eigenvalue weighted by atomic mass is 16.5. The summed E-state index contributed by atoms with van der Waals surface area (Å²) in [6, 6.07) is 23.3. The summed E-state index contributed by atoms with van der Waals surface area (Å²) in [5.41, 5.74) is 5.24. The zero-order valence-electron chi connectivity index (χ0n) is 21.7. The maximum absolute atomic E-state index is 13.5. The second-order valence-corrected chi connectivity index (χ2v) is 9.20. The number of aromatic nitrogens is 1. The largest absolute Gasteiger partial charge is 0.493 e. The highest BCUT2D eigenvalue weighted by molar-refractivity contribution is 6.15. The molecule has 192 valence electrons. The second kappa shape index (κ2) is 10.9. The van der Waals surface area contributed by atoms with Crippen LogP contribution in [0.5, 0.6) is 5.75 Å². The molecule has 5 rings (SSSR count). The van der Waals surface area contributed by atoms with Crippen LogP contribution in [0.25, 0.3) is 33.3 Å². The fourth-order valence-corrected chi connectivity index (χ4v) is 4.68. The van der Waals surface area contributed by atoms with Gasteiger partial charge in [-0.05, 0) is 50.1 Å². The molecule has 0 unspecified atom stereocenters. The van der Waals surface area contributed by atoms with E-state index >= 15 is 0 Å². The first-order valence-electron chi connectivity index (χ1n) is 12.7. The van der Waals surface area contributed by atoms with Crippen molar-refractivity contribution in [3.8, 4) is 17.2 Å². The molecule has 0 radical (unpaired) electrons. The van der Waals surface area contributed by atoms with E-state index in [-0.39, 0.29) is 18.8 Å². The average molecular weight is 508 g/mol. The highest BCUT2D eigenvalue weighted by Gasteiger charge is 2.23. The number of aryl methyl sites for hydroxylation is 2. The summed E-state index contributed by atoms with van der Waals surface area (Å²) >= 11 is 0. The number of nitrogens with zero attached hydrogens (tertiary/aromatic N) is 1. The Bertz CT molecular complexity index is 1630. The van der Waals surface area contributed by atoms with Crippen molar-refractivity contribution in [1.82, 2.24) is 4.98 Å². The summed E-state index contributed by atoms with van der Waals surface area (Å²) in [7, 11) is 0. The van der Waals surface area contributed by atoms with E-state index in [0.29, 0.717) is 46.7 Å². The van der Waals surface area contributed by atoms with Crippen LogP contribution < -0.4 is 4.74 Å². The van der Waals surface area contributed by atoms with E-state index in [2.05, 4.69) is 12.1 Å². The number of rotatable bonds is 9. The van der Waals surface area contributed by atoms with Gasteiger partial charge in [0, 0.05) is 22.9 Å². The summed E-state index contributed by atoms with van der Waals surface area (Å²) in [6.07, 6.45) is 0.342. The third kappa shape index (κ3) is 5.02. The number of furan rings is 1. The van der Waals surface area contributed by atoms with Crippen molar-refractivity contribution in [1.29, 1.82) is 0 Å². The third-order valence-electron chi connectivity index (χ3n) is 6.60. The predicted octanol–water partition coefficient (Wildman–Crippen LogP) is 7.02. The van der Waals surface area contributed by atoms with Crippen molar-refractivity contribution < 1.29 is 23.5 Å². The first-order chi connectivity index (χ1) is 18.5. The summed E-state index contributed by atoms with van der Waals surface area (Å²) in [4.78, 5) is 30.7. The van der Waals surface area contributed by atoms with E-state index < -0.39 is 5.97 Å². The molecule has 3 aromatic carbocycles. The Hall–Kier alpha value is -4.45. The van der Waals surface area contributed by atoms with Crippen LogP contribution in [-0.2, 0) is 16.0 Å². The lowest BCUT2D eigenvalue weighted by molar-refractivity contribution is -0.141. The molecule has 5 aromatic rings. The van der Waals surface area contributed by atoms with Crippen molar-refractivity contribution in [3.05, 3.63) is 95.1 Å². The Kier molecular flexibility index (Phi) is 7.22. The molecule has 0 aliphatic carbocycles. The summed E-state index contributed by atoms with van der Waals surface area (Å²) < 4.78 is 17.4. The normalized spacial score (nSPS) is 11.1. The standard InChI is InChI=1S/C32H29NO5/c1-4-36-29(35)19-26(34)24-18-25(32-21(3)23-12-8-9-13-27(23)38-32)33-31-20(2)14-15-28(30(24)31)37-17-16-22-10-6-5-7-11-22/h5-15,18H,4,16-17,19H2,1-3H3. The van der Waals surface area contributed by atoms with Gasteiger partial charge in [-0.15, -0.1) is 0 Å². The molecule has 6 heteroatoms. The molecule has 0 saturated carbocycles. The number of hydrogen-bond acceptors (Lipinski definition) is 6. The molecular weight excluding hydrogens is 478 g/mol. The summed E-state index contributed by atoms with van der Waals surface area (Å²) in [5, 5.41) is 1.57. The van der Waals surface area contributed by atoms with E-state index in [0.717, 1.165) is 27.7 Å². The Labute approximate surface area is 221 Å². The number of Topliss-reactive ketones (excluding diaryl/α,β-unsaturated/α-hetero) is 1. The van der Waals surface area contributed by atoms with E-state index in [1.165, 1.54) is 0 Å². The molecule has 38 heavy (non-hydrogen) atoms. The molecule has 0 N–H and O–H groups in total. The van der Waals surface area contributed by atoms with Crippen molar-refractivity contribution >= 4 is 33.6 Å². The van der Waals surface area contributed by atoms with Crippen LogP contribution in [0, 0.1) is 13.8 Å². The Balaban J connectivity index is 1.62. The lowest BCUT2D eigenvalue weighted by atomic mass is 9.97. The predicted molar refractivity (Wildman–Crippen MR) is 148 cm³/mol. The average Bonchev–Trinajstić information content (AvgIpc) is 3.26. The van der Waals surface area contributed by atoms with Crippen molar-refractivity contribution in [3.63, 3.8) is 0 Å². The van der Waals surface area contributed by atoms with E-state index in [1.54, 1.807) is 13.0 Å². The number of esters is 1. The minimum absolute atomic E-state index is 0.208. The van der Waals surface area contributed by atoms with Crippen molar-refractivity contribution in [2.75, 3.05) is 13.2 Å². The minimum Gasteiger partial charge on any atom is -0.493 e. The van der Waals surface area contributed by atoms with Crippen molar-refractivity contribution in [2.45, 2.75) is 33.6 Å². The zero-order chi connectivity index (χ0) is 26.6. The summed E-state index contributed by atoms with van der Waals surface area (Å²) in [6.45, 7) is 6.27. The van der Waals surface area contributed by atoms with Gasteiger partial charge in [0.25, 0.3) is 0 Å². The maximum atomic E-state index is 13.5.